The van der Waals surface area contributed by atoms with Gasteiger partial charge in [-0.1, -0.05) is 26.3 Å². The molecule has 4 heteroatoms. The number of para-hydroxylation sites is 1. The van der Waals surface area contributed by atoms with Gasteiger partial charge in [-0.3, -0.25) is 0 Å². The summed E-state index contributed by atoms with van der Waals surface area (Å²) in [5, 5.41) is 9.42. The van der Waals surface area contributed by atoms with Gasteiger partial charge in [0.15, 0.2) is 0 Å². The molecule has 0 unspecified atom stereocenters. The molecular formula is C16H20N2O2. The zero-order chi connectivity index (χ0) is 14.3. The standard InChI is InChI=1S/C16H20N2O2/c1-10(2)15-17-13-8-4-7-12(16(19)20)14(13)18(15)9-11-5-3-6-11/h4,7-8,10-11H,3,5-6,9H2,1-2H3,(H,19,20). The lowest BCUT2D eigenvalue weighted by molar-refractivity contribution is 0.0698. The van der Waals surface area contributed by atoms with Crippen molar-refractivity contribution in [3.8, 4) is 0 Å². The van der Waals surface area contributed by atoms with Crippen LogP contribution in [0.1, 0.15) is 55.2 Å². The Labute approximate surface area is 118 Å². The van der Waals surface area contributed by atoms with Crippen LogP contribution in [0.2, 0.25) is 0 Å². The maximum Gasteiger partial charge on any atom is 0.337 e. The zero-order valence-electron chi connectivity index (χ0n) is 12.0. The Bertz CT molecular complexity index is 654. The predicted molar refractivity (Wildman–Crippen MR) is 78.1 cm³/mol. The van der Waals surface area contributed by atoms with E-state index in [9.17, 15) is 9.90 Å². The van der Waals surface area contributed by atoms with Crippen LogP contribution in [0.5, 0.6) is 0 Å². The number of fused-ring (bicyclic) bond motifs is 1. The van der Waals surface area contributed by atoms with E-state index in [1.165, 1.54) is 19.3 Å². The van der Waals surface area contributed by atoms with E-state index in [-0.39, 0.29) is 0 Å². The summed E-state index contributed by atoms with van der Waals surface area (Å²) in [5.74, 6) is 1.09. The highest BCUT2D eigenvalue weighted by molar-refractivity contribution is 6.01. The molecule has 1 aliphatic carbocycles. The molecule has 0 radical (unpaired) electrons. The maximum atomic E-state index is 11.5. The Hall–Kier alpha value is -1.84. The molecule has 1 heterocycles. The third-order valence-electron chi connectivity index (χ3n) is 4.21. The van der Waals surface area contributed by atoms with E-state index in [1.807, 2.05) is 6.07 Å². The summed E-state index contributed by atoms with van der Waals surface area (Å²) < 4.78 is 2.15. The number of benzene rings is 1. The van der Waals surface area contributed by atoms with Crippen LogP contribution in [0.25, 0.3) is 11.0 Å². The lowest BCUT2D eigenvalue weighted by atomic mass is 9.85. The second kappa shape index (κ2) is 4.93. The van der Waals surface area contributed by atoms with Gasteiger partial charge >= 0.3 is 5.97 Å². The number of carboxylic acid groups (broad SMARTS) is 1. The van der Waals surface area contributed by atoms with Gasteiger partial charge in [0.2, 0.25) is 0 Å². The number of carbonyl (C=O) groups is 1. The quantitative estimate of drug-likeness (QED) is 0.924. The highest BCUT2D eigenvalue weighted by Crippen LogP contribution is 2.32. The molecule has 3 rings (SSSR count). The minimum atomic E-state index is -0.874. The number of rotatable bonds is 4. The van der Waals surface area contributed by atoms with E-state index in [4.69, 9.17) is 0 Å². The average Bonchev–Trinajstić information content (AvgIpc) is 2.72. The topological polar surface area (TPSA) is 55.1 Å². The summed E-state index contributed by atoms with van der Waals surface area (Å²) in [5.41, 5.74) is 1.95. The number of aromatic nitrogens is 2. The van der Waals surface area contributed by atoms with Gasteiger partial charge in [-0.25, -0.2) is 9.78 Å². The minimum absolute atomic E-state index is 0.295. The fourth-order valence-electron chi connectivity index (χ4n) is 2.94. The minimum Gasteiger partial charge on any atom is -0.478 e. The van der Waals surface area contributed by atoms with Crippen LogP contribution in [0.4, 0.5) is 0 Å². The third-order valence-corrected chi connectivity index (χ3v) is 4.21. The Morgan fingerprint density at radius 2 is 2.20 bits per heavy atom. The number of hydrogen-bond acceptors (Lipinski definition) is 2. The van der Waals surface area contributed by atoms with E-state index >= 15 is 0 Å². The molecule has 0 spiro atoms. The van der Waals surface area contributed by atoms with E-state index in [0.717, 1.165) is 23.4 Å². The molecule has 1 N–H and O–H groups in total. The first-order chi connectivity index (χ1) is 9.58. The normalized spacial score (nSPS) is 15.8. The second-order valence-corrected chi connectivity index (χ2v) is 6.01. The first kappa shape index (κ1) is 13.2. The molecule has 106 valence electrons. The van der Waals surface area contributed by atoms with Crippen molar-refractivity contribution in [2.24, 2.45) is 5.92 Å². The highest BCUT2D eigenvalue weighted by atomic mass is 16.4. The van der Waals surface area contributed by atoms with Gasteiger partial charge in [-0.15, -0.1) is 0 Å². The summed E-state index contributed by atoms with van der Waals surface area (Å²) in [4.78, 5) is 16.1. The lowest BCUT2D eigenvalue weighted by Gasteiger charge is -2.27. The fraction of sp³-hybridized carbons (Fsp3) is 0.500. The average molecular weight is 272 g/mol. The Morgan fingerprint density at radius 3 is 2.75 bits per heavy atom. The smallest absolute Gasteiger partial charge is 0.337 e. The van der Waals surface area contributed by atoms with Crippen LogP contribution in [-0.4, -0.2) is 20.6 Å². The largest absolute Gasteiger partial charge is 0.478 e. The van der Waals surface area contributed by atoms with Gasteiger partial charge in [-0.05, 0) is 30.9 Å². The Morgan fingerprint density at radius 1 is 1.45 bits per heavy atom. The summed E-state index contributed by atoms with van der Waals surface area (Å²) in [7, 11) is 0. The summed E-state index contributed by atoms with van der Waals surface area (Å²) in [6.07, 6.45) is 3.78. The Kier molecular flexibility index (Phi) is 3.24. The van der Waals surface area contributed by atoms with E-state index in [1.54, 1.807) is 12.1 Å². The van der Waals surface area contributed by atoms with Crippen molar-refractivity contribution < 1.29 is 9.90 Å². The van der Waals surface area contributed by atoms with Crippen molar-refractivity contribution in [3.05, 3.63) is 29.6 Å². The molecule has 1 aromatic carbocycles. The van der Waals surface area contributed by atoms with Crippen LogP contribution in [0.15, 0.2) is 18.2 Å². The Balaban J connectivity index is 2.19. The van der Waals surface area contributed by atoms with Crippen LogP contribution in [0, 0.1) is 5.92 Å². The van der Waals surface area contributed by atoms with Crippen molar-refractivity contribution in [3.63, 3.8) is 0 Å². The molecule has 20 heavy (non-hydrogen) atoms. The first-order valence-corrected chi connectivity index (χ1v) is 7.30. The molecular weight excluding hydrogens is 252 g/mol. The van der Waals surface area contributed by atoms with Gasteiger partial charge < -0.3 is 9.67 Å². The molecule has 0 bridgehead atoms. The third kappa shape index (κ3) is 2.09. The lowest BCUT2D eigenvalue weighted by Crippen LogP contribution is -2.20. The first-order valence-electron chi connectivity index (χ1n) is 7.30. The van der Waals surface area contributed by atoms with Crippen LogP contribution >= 0.6 is 0 Å². The number of nitrogens with zero attached hydrogens (tertiary/aromatic N) is 2. The summed E-state index contributed by atoms with van der Waals surface area (Å²) in [6.45, 7) is 5.12. The summed E-state index contributed by atoms with van der Waals surface area (Å²) >= 11 is 0. The number of hydrogen-bond donors (Lipinski definition) is 1. The highest BCUT2D eigenvalue weighted by Gasteiger charge is 2.24. The van der Waals surface area contributed by atoms with Crippen molar-refractivity contribution in [2.75, 3.05) is 0 Å². The van der Waals surface area contributed by atoms with Crippen LogP contribution < -0.4 is 0 Å². The molecule has 0 amide bonds. The number of imidazole rings is 1. The number of carboxylic acids is 1. The predicted octanol–water partition coefficient (Wildman–Crippen LogP) is 3.66. The number of aromatic carboxylic acids is 1. The zero-order valence-corrected chi connectivity index (χ0v) is 12.0. The van der Waals surface area contributed by atoms with Crippen LogP contribution in [0.3, 0.4) is 0 Å². The SMILES string of the molecule is CC(C)c1nc2cccc(C(=O)O)c2n1CC1CCC1. The van der Waals surface area contributed by atoms with Gasteiger partial charge in [0.05, 0.1) is 16.6 Å². The maximum absolute atomic E-state index is 11.5. The second-order valence-electron chi connectivity index (χ2n) is 6.01. The van der Waals surface area contributed by atoms with E-state index in [2.05, 4.69) is 23.4 Å². The molecule has 4 nitrogen and oxygen atoms in total. The molecule has 2 aromatic rings. The fourth-order valence-corrected chi connectivity index (χ4v) is 2.94. The molecule has 0 aliphatic heterocycles. The van der Waals surface area contributed by atoms with E-state index in [0.29, 0.717) is 17.4 Å². The van der Waals surface area contributed by atoms with Crippen molar-refractivity contribution >= 4 is 17.0 Å². The van der Waals surface area contributed by atoms with Gasteiger partial charge in [0.1, 0.15) is 5.82 Å². The van der Waals surface area contributed by atoms with Gasteiger partial charge in [0, 0.05) is 12.5 Å². The summed E-state index contributed by atoms with van der Waals surface area (Å²) in [6, 6.07) is 5.36. The molecule has 0 atom stereocenters. The monoisotopic (exact) mass is 272 g/mol. The van der Waals surface area contributed by atoms with E-state index < -0.39 is 5.97 Å². The van der Waals surface area contributed by atoms with Gasteiger partial charge in [-0.2, -0.15) is 0 Å². The molecule has 0 saturated heterocycles. The van der Waals surface area contributed by atoms with Crippen molar-refractivity contribution in [1.82, 2.24) is 9.55 Å². The molecule has 1 aliphatic rings. The molecule has 1 aromatic heterocycles. The van der Waals surface area contributed by atoms with Crippen molar-refractivity contribution in [1.29, 1.82) is 0 Å². The van der Waals surface area contributed by atoms with Crippen molar-refractivity contribution in [2.45, 2.75) is 45.6 Å². The van der Waals surface area contributed by atoms with Gasteiger partial charge in [0.25, 0.3) is 0 Å². The molecule has 1 saturated carbocycles. The molecule has 1 fully saturated rings. The van der Waals surface area contributed by atoms with Crippen LogP contribution in [-0.2, 0) is 6.54 Å².